The molecule has 1 rings (SSSR count). The Hall–Kier alpha value is -0.590. The highest BCUT2D eigenvalue weighted by molar-refractivity contribution is 8.13. The number of carbonyl (C=O) groups is 2. The zero-order valence-corrected chi connectivity index (χ0v) is 9.00. The third-order valence-corrected chi connectivity index (χ3v) is 2.80. The lowest BCUT2D eigenvalue weighted by Gasteiger charge is -2.26. The summed E-state index contributed by atoms with van der Waals surface area (Å²) in [5, 5.41) is -0.222. The Kier molecular flexibility index (Phi) is 4.37. The summed E-state index contributed by atoms with van der Waals surface area (Å²) in [4.78, 5) is 23.9. The van der Waals surface area contributed by atoms with Crippen LogP contribution in [0.2, 0.25) is 0 Å². The minimum Gasteiger partial charge on any atom is -0.354 e. The first-order valence-corrected chi connectivity index (χ1v) is 5.20. The van der Waals surface area contributed by atoms with Crippen LogP contribution in [0.25, 0.3) is 0 Å². The summed E-state index contributed by atoms with van der Waals surface area (Å²) >= 11 is 1.15. The van der Waals surface area contributed by atoms with Gasteiger partial charge in [0.05, 0.1) is 6.54 Å². The second-order valence-corrected chi connectivity index (χ2v) is 3.82. The van der Waals surface area contributed by atoms with Crippen molar-refractivity contribution in [2.24, 2.45) is 0 Å². The number of amides is 2. The van der Waals surface area contributed by atoms with Gasteiger partial charge in [-0.3, -0.25) is 14.5 Å². The molecular formula is C8H13NO4S. The fourth-order valence-corrected chi connectivity index (χ4v) is 1.89. The highest BCUT2D eigenvalue weighted by Gasteiger charge is 2.28. The molecule has 0 unspecified atom stereocenters. The van der Waals surface area contributed by atoms with Gasteiger partial charge >= 0.3 is 0 Å². The highest BCUT2D eigenvalue weighted by atomic mass is 32.2. The van der Waals surface area contributed by atoms with E-state index in [1.807, 2.05) is 0 Å². The van der Waals surface area contributed by atoms with Gasteiger partial charge in [0.2, 0.25) is 5.91 Å². The van der Waals surface area contributed by atoms with E-state index in [0.717, 1.165) is 11.8 Å². The third-order valence-electron chi connectivity index (χ3n) is 1.92. The summed E-state index contributed by atoms with van der Waals surface area (Å²) in [5.74, 6) is 0.409. The topological polar surface area (TPSA) is 55.8 Å². The van der Waals surface area contributed by atoms with E-state index in [2.05, 4.69) is 0 Å². The van der Waals surface area contributed by atoms with Gasteiger partial charge in [0.25, 0.3) is 5.24 Å². The molecule has 0 N–H and O–H groups in total. The van der Waals surface area contributed by atoms with Gasteiger partial charge in [0.1, 0.15) is 0 Å². The van der Waals surface area contributed by atoms with Gasteiger partial charge in [-0.15, -0.1) is 0 Å². The molecule has 0 bridgehead atoms. The Bertz CT molecular complexity index is 213. The minimum absolute atomic E-state index is 0.159. The van der Waals surface area contributed by atoms with E-state index in [0.29, 0.717) is 12.2 Å². The molecule has 0 aromatic rings. The van der Waals surface area contributed by atoms with E-state index in [9.17, 15) is 9.59 Å². The average Bonchev–Trinajstić information content (AvgIpc) is 2.18. The molecule has 14 heavy (non-hydrogen) atoms. The number of carbonyl (C=O) groups excluding carboxylic acids is 2. The number of methoxy groups -OCH3 is 2. The SMILES string of the molecule is COC(CN1C(=O)CCSC1=O)OC. The molecule has 5 nitrogen and oxygen atoms in total. The van der Waals surface area contributed by atoms with Gasteiger partial charge in [-0.25, -0.2) is 0 Å². The molecular weight excluding hydrogens is 206 g/mol. The normalized spacial score (nSPS) is 18.1. The maximum absolute atomic E-state index is 11.4. The van der Waals surface area contributed by atoms with Crippen molar-refractivity contribution < 1.29 is 19.1 Å². The van der Waals surface area contributed by atoms with Gasteiger partial charge in [0, 0.05) is 26.4 Å². The maximum atomic E-state index is 11.4. The lowest BCUT2D eigenvalue weighted by molar-refractivity contribution is -0.139. The molecule has 1 fully saturated rings. The van der Waals surface area contributed by atoms with Crippen molar-refractivity contribution in [2.75, 3.05) is 26.5 Å². The minimum atomic E-state index is -0.540. The van der Waals surface area contributed by atoms with Crippen LogP contribution < -0.4 is 0 Å². The van der Waals surface area contributed by atoms with E-state index in [-0.39, 0.29) is 17.7 Å². The van der Waals surface area contributed by atoms with E-state index in [1.165, 1.54) is 19.1 Å². The summed E-state index contributed by atoms with van der Waals surface area (Å²) < 4.78 is 9.84. The van der Waals surface area contributed by atoms with Crippen LogP contribution in [-0.4, -0.2) is 48.9 Å². The summed E-state index contributed by atoms with van der Waals surface area (Å²) in [5.41, 5.74) is 0. The third kappa shape index (κ3) is 2.70. The Morgan fingerprint density at radius 3 is 2.57 bits per heavy atom. The molecule has 80 valence electrons. The van der Waals surface area contributed by atoms with Crippen LogP contribution in [-0.2, 0) is 14.3 Å². The summed E-state index contributed by atoms with van der Waals surface area (Å²) in [6.45, 7) is 0.164. The Labute approximate surface area is 86.7 Å². The van der Waals surface area contributed by atoms with Crippen molar-refractivity contribution in [1.29, 1.82) is 0 Å². The van der Waals surface area contributed by atoms with Crippen LogP contribution in [0.15, 0.2) is 0 Å². The maximum Gasteiger partial charge on any atom is 0.288 e. The molecule has 1 aliphatic rings. The van der Waals surface area contributed by atoms with Gasteiger partial charge in [0.15, 0.2) is 6.29 Å². The van der Waals surface area contributed by atoms with Crippen molar-refractivity contribution in [2.45, 2.75) is 12.7 Å². The molecule has 0 saturated carbocycles. The average molecular weight is 219 g/mol. The van der Waals surface area contributed by atoms with Gasteiger partial charge in [-0.05, 0) is 0 Å². The second-order valence-electron chi connectivity index (χ2n) is 2.77. The number of thioether (sulfide) groups is 1. The molecule has 0 aromatic carbocycles. The zero-order chi connectivity index (χ0) is 10.6. The highest BCUT2D eigenvalue weighted by Crippen LogP contribution is 2.18. The smallest absolute Gasteiger partial charge is 0.288 e. The largest absolute Gasteiger partial charge is 0.354 e. The number of hydrogen-bond donors (Lipinski definition) is 0. The number of ether oxygens (including phenoxy) is 2. The number of imide groups is 1. The monoisotopic (exact) mass is 219 g/mol. The number of rotatable bonds is 4. The Morgan fingerprint density at radius 2 is 2.07 bits per heavy atom. The predicted molar refractivity (Wildman–Crippen MR) is 52.0 cm³/mol. The van der Waals surface area contributed by atoms with Crippen molar-refractivity contribution in [3.8, 4) is 0 Å². The Balaban J connectivity index is 2.55. The molecule has 1 saturated heterocycles. The van der Waals surface area contributed by atoms with E-state index in [4.69, 9.17) is 9.47 Å². The summed E-state index contributed by atoms with van der Waals surface area (Å²) in [6.07, 6.45) is -0.141. The van der Waals surface area contributed by atoms with Gasteiger partial charge in [-0.1, -0.05) is 11.8 Å². The van der Waals surface area contributed by atoms with Crippen molar-refractivity contribution in [3.63, 3.8) is 0 Å². The van der Waals surface area contributed by atoms with Gasteiger partial charge in [-0.2, -0.15) is 0 Å². The van der Waals surface area contributed by atoms with Crippen LogP contribution in [0.3, 0.4) is 0 Å². The molecule has 0 radical (unpaired) electrons. The molecule has 2 amide bonds. The van der Waals surface area contributed by atoms with E-state index in [1.54, 1.807) is 0 Å². The molecule has 1 heterocycles. The quantitative estimate of drug-likeness (QED) is 0.651. The van der Waals surface area contributed by atoms with Crippen LogP contribution in [0, 0.1) is 0 Å². The molecule has 0 aromatic heterocycles. The predicted octanol–water partition coefficient (Wildman–Crippen LogP) is 0.691. The molecule has 1 aliphatic heterocycles. The van der Waals surface area contributed by atoms with Gasteiger partial charge < -0.3 is 9.47 Å². The fourth-order valence-electron chi connectivity index (χ4n) is 1.11. The van der Waals surface area contributed by atoms with Crippen molar-refractivity contribution >= 4 is 22.9 Å². The molecule has 0 spiro atoms. The Morgan fingerprint density at radius 1 is 1.43 bits per heavy atom. The van der Waals surface area contributed by atoms with E-state index >= 15 is 0 Å². The summed E-state index contributed by atoms with van der Waals surface area (Å²) in [6, 6.07) is 0. The lowest BCUT2D eigenvalue weighted by Crippen LogP contribution is -2.43. The molecule has 0 atom stereocenters. The number of hydrogen-bond acceptors (Lipinski definition) is 5. The first-order valence-electron chi connectivity index (χ1n) is 4.21. The second kappa shape index (κ2) is 5.33. The van der Waals surface area contributed by atoms with Crippen molar-refractivity contribution in [1.82, 2.24) is 4.90 Å². The standard InChI is InChI=1S/C8H13NO4S/c1-12-7(13-2)5-9-6(10)3-4-14-8(9)11/h7H,3-5H2,1-2H3. The van der Waals surface area contributed by atoms with Crippen LogP contribution >= 0.6 is 11.8 Å². The first-order chi connectivity index (χ1) is 6.69. The first kappa shape index (κ1) is 11.5. The van der Waals surface area contributed by atoms with Crippen LogP contribution in [0.5, 0.6) is 0 Å². The summed E-state index contributed by atoms with van der Waals surface area (Å²) in [7, 11) is 2.94. The van der Waals surface area contributed by atoms with Crippen LogP contribution in [0.1, 0.15) is 6.42 Å². The zero-order valence-electron chi connectivity index (χ0n) is 8.19. The molecule has 0 aliphatic carbocycles. The lowest BCUT2D eigenvalue weighted by atomic mass is 10.4. The van der Waals surface area contributed by atoms with Crippen LogP contribution in [0.4, 0.5) is 4.79 Å². The van der Waals surface area contributed by atoms with E-state index < -0.39 is 6.29 Å². The van der Waals surface area contributed by atoms with Crippen molar-refractivity contribution in [3.05, 3.63) is 0 Å². The molecule has 6 heteroatoms. The fraction of sp³-hybridized carbons (Fsp3) is 0.750. The number of nitrogens with zero attached hydrogens (tertiary/aromatic N) is 1.